The Morgan fingerprint density at radius 1 is 1.36 bits per heavy atom. The molecule has 14 heavy (non-hydrogen) atoms. The Balaban J connectivity index is 1.90. The highest BCUT2D eigenvalue weighted by molar-refractivity contribution is 7.74. The predicted molar refractivity (Wildman–Crippen MR) is 55.3 cm³/mol. The number of rotatable bonds is 6. The van der Waals surface area contributed by atoms with Gasteiger partial charge in [-0.2, -0.15) is 4.21 Å². The van der Waals surface area contributed by atoms with Crippen LogP contribution in [-0.2, 0) is 15.5 Å². The van der Waals surface area contributed by atoms with Crippen LogP contribution in [0.1, 0.15) is 12.8 Å². The Morgan fingerprint density at radius 2 is 2.07 bits per heavy atom. The summed E-state index contributed by atoms with van der Waals surface area (Å²) in [6, 6.07) is 0. The standard InChI is InChI=1S/C8H18N2O3S/c11-14(12)13-8-2-1-5-10-6-3-9-4-7-10/h9H,1-8H2,(H,11,12). The van der Waals surface area contributed by atoms with Crippen molar-refractivity contribution < 1.29 is 12.9 Å². The molecule has 0 aromatic heterocycles. The highest BCUT2D eigenvalue weighted by Crippen LogP contribution is 1.98. The Hall–Kier alpha value is -0.0100. The molecule has 0 radical (unpaired) electrons. The molecule has 0 amide bonds. The summed E-state index contributed by atoms with van der Waals surface area (Å²) in [6.45, 7) is 5.77. The minimum atomic E-state index is -2.10. The molecule has 1 unspecified atom stereocenters. The van der Waals surface area contributed by atoms with E-state index in [1.807, 2.05) is 0 Å². The van der Waals surface area contributed by atoms with Crippen molar-refractivity contribution in [1.82, 2.24) is 10.2 Å². The van der Waals surface area contributed by atoms with Gasteiger partial charge < -0.3 is 10.2 Å². The van der Waals surface area contributed by atoms with E-state index in [0.717, 1.165) is 45.6 Å². The molecule has 0 aliphatic carbocycles. The topological polar surface area (TPSA) is 61.8 Å². The zero-order valence-corrected chi connectivity index (χ0v) is 9.09. The molecule has 0 spiro atoms. The second-order valence-corrected chi connectivity index (χ2v) is 4.01. The minimum absolute atomic E-state index is 0.370. The van der Waals surface area contributed by atoms with E-state index in [1.54, 1.807) is 0 Å². The summed E-state index contributed by atoms with van der Waals surface area (Å²) in [5.41, 5.74) is 0. The maximum atomic E-state index is 10.1. The van der Waals surface area contributed by atoms with E-state index in [0.29, 0.717) is 6.61 Å². The lowest BCUT2D eigenvalue weighted by atomic mass is 10.3. The fourth-order valence-electron chi connectivity index (χ4n) is 1.50. The second kappa shape index (κ2) is 7.30. The molecule has 1 aliphatic heterocycles. The molecule has 0 aromatic carbocycles. The minimum Gasteiger partial charge on any atom is -0.314 e. The van der Waals surface area contributed by atoms with E-state index in [4.69, 9.17) is 4.55 Å². The molecule has 0 aromatic rings. The Morgan fingerprint density at radius 3 is 2.71 bits per heavy atom. The van der Waals surface area contributed by atoms with E-state index in [2.05, 4.69) is 14.4 Å². The Kier molecular flexibility index (Phi) is 6.29. The first-order valence-electron chi connectivity index (χ1n) is 4.96. The molecule has 1 fully saturated rings. The summed E-state index contributed by atoms with van der Waals surface area (Å²) in [7, 11) is 0. The highest BCUT2D eigenvalue weighted by atomic mass is 32.2. The van der Waals surface area contributed by atoms with Gasteiger partial charge >= 0.3 is 11.4 Å². The largest absolute Gasteiger partial charge is 0.314 e. The lowest BCUT2D eigenvalue weighted by Gasteiger charge is -2.26. The van der Waals surface area contributed by atoms with Crippen LogP contribution in [0.25, 0.3) is 0 Å². The molecular formula is C8H18N2O3S. The normalized spacial score (nSPS) is 20.9. The summed E-state index contributed by atoms with van der Waals surface area (Å²) < 4.78 is 23.0. The van der Waals surface area contributed by atoms with Gasteiger partial charge in [0.2, 0.25) is 0 Å². The summed E-state index contributed by atoms with van der Waals surface area (Å²) >= 11 is -2.10. The molecule has 1 atom stereocenters. The third kappa shape index (κ3) is 5.66. The summed E-state index contributed by atoms with van der Waals surface area (Å²) in [4.78, 5) is 2.40. The molecule has 1 rings (SSSR count). The molecule has 6 heteroatoms. The summed E-state index contributed by atoms with van der Waals surface area (Å²) in [5, 5.41) is 3.29. The van der Waals surface area contributed by atoms with Gasteiger partial charge in [0, 0.05) is 26.2 Å². The highest BCUT2D eigenvalue weighted by Gasteiger charge is 2.08. The van der Waals surface area contributed by atoms with E-state index < -0.39 is 11.4 Å². The van der Waals surface area contributed by atoms with Crippen molar-refractivity contribution in [1.29, 1.82) is 0 Å². The van der Waals surface area contributed by atoms with Crippen LogP contribution in [0.15, 0.2) is 0 Å². The average Bonchev–Trinajstić information content (AvgIpc) is 2.18. The molecule has 2 N–H and O–H groups in total. The Bertz CT molecular complexity index is 174. The van der Waals surface area contributed by atoms with Crippen LogP contribution >= 0.6 is 0 Å². The number of hydrogen-bond acceptors (Lipinski definition) is 4. The number of piperazine rings is 1. The fraction of sp³-hybridized carbons (Fsp3) is 1.00. The van der Waals surface area contributed by atoms with Crippen LogP contribution in [-0.4, -0.2) is 53.0 Å². The zero-order valence-electron chi connectivity index (χ0n) is 8.28. The van der Waals surface area contributed by atoms with Crippen LogP contribution < -0.4 is 5.32 Å². The van der Waals surface area contributed by atoms with Gasteiger partial charge in [-0.25, -0.2) is 0 Å². The van der Waals surface area contributed by atoms with Crippen molar-refractivity contribution in [2.75, 3.05) is 39.3 Å². The summed E-state index contributed by atoms with van der Waals surface area (Å²) in [5.74, 6) is 0. The molecule has 1 heterocycles. The number of hydrogen-bond donors (Lipinski definition) is 2. The molecule has 0 saturated carbocycles. The number of unbranched alkanes of at least 4 members (excludes halogenated alkanes) is 1. The van der Waals surface area contributed by atoms with Gasteiger partial charge in [0.1, 0.15) is 0 Å². The van der Waals surface area contributed by atoms with Gasteiger partial charge in [-0.05, 0) is 19.4 Å². The second-order valence-electron chi connectivity index (χ2n) is 3.34. The molecule has 1 saturated heterocycles. The fourth-order valence-corrected chi connectivity index (χ4v) is 1.76. The van der Waals surface area contributed by atoms with Crippen molar-refractivity contribution in [3.8, 4) is 0 Å². The van der Waals surface area contributed by atoms with Gasteiger partial charge in [0.15, 0.2) is 0 Å². The van der Waals surface area contributed by atoms with Crippen LogP contribution in [0.2, 0.25) is 0 Å². The van der Waals surface area contributed by atoms with Gasteiger partial charge in [0.05, 0.1) is 6.61 Å². The Labute approximate surface area is 87.3 Å². The van der Waals surface area contributed by atoms with Crippen LogP contribution in [0.3, 0.4) is 0 Å². The van der Waals surface area contributed by atoms with Crippen LogP contribution in [0.4, 0.5) is 0 Å². The van der Waals surface area contributed by atoms with Gasteiger partial charge in [-0.1, -0.05) is 0 Å². The van der Waals surface area contributed by atoms with Crippen molar-refractivity contribution in [2.24, 2.45) is 0 Å². The van der Waals surface area contributed by atoms with Crippen LogP contribution in [0, 0.1) is 0 Å². The van der Waals surface area contributed by atoms with E-state index in [9.17, 15) is 4.21 Å². The van der Waals surface area contributed by atoms with E-state index in [-0.39, 0.29) is 0 Å². The predicted octanol–water partition coefficient (Wildman–Crippen LogP) is -0.175. The number of nitrogens with zero attached hydrogens (tertiary/aromatic N) is 1. The van der Waals surface area contributed by atoms with Crippen molar-refractivity contribution in [3.63, 3.8) is 0 Å². The van der Waals surface area contributed by atoms with Gasteiger partial charge in [-0.15, -0.1) is 0 Å². The SMILES string of the molecule is O=S(O)OCCCCN1CCNCC1. The monoisotopic (exact) mass is 222 g/mol. The average molecular weight is 222 g/mol. The first kappa shape index (κ1) is 12.1. The maximum absolute atomic E-state index is 10.1. The van der Waals surface area contributed by atoms with Gasteiger partial charge in [-0.3, -0.25) is 8.74 Å². The van der Waals surface area contributed by atoms with Gasteiger partial charge in [0.25, 0.3) is 0 Å². The zero-order chi connectivity index (χ0) is 10.2. The van der Waals surface area contributed by atoms with Crippen molar-refractivity contribution >= 4 is 11.4 Å². The van der Waals surface area contributed by atoms with E-state index >= 15 is 0 Å². The molecule has 84 valence electrons. The summed E-state index contributed by atoms with van der Waals surface area (Å²) in [6.07, 6.45) is 1.87. The third-order valence-corrected chi connectivity index (χ3v) is 2.63. The smallest absolute Gasteiger partial charge is 0.301 e. The lowest BCUT2D eigenvalue weighted by molar-refractivity contribution is 0.226. The first-order valence-corrected chi connectivity index (χ1v) is 5.99. The third-order valence-electron chi connectivity index (χ3n) is 2.26. The van der Waals surface area contributed by atoms with Crippen molar-refractivity contribution in [3.05, 3.63) is 0 Å². The molecule has 0 bridgehead atoms. The lowest BCUT2D eigenvalue weighted by Crippen LogP contribution is -2.43. The quantitative estimate of drug-likeness (QED) is 0.482. The molecule has 5 nitrogen and oxygen atoms in total. The number of nitrogens with one attached hydrogen (secondary N) is 1. The van der Waals surface area contributed by atoms with Crippen molar-refractivity contribution in [2.45, 2.75) is 12.8 Å². The molecule has 1 aliphatic rings. The van der Waals surface area contributed by atoms with E-state index in [1.165, 1.54) is 0 Å². The van der Waals surface area contributed by atoms with Crippen LogP contribution in [0.5, 0.6) is 0 Å². The maximum Gasteiger partial charge on any atom is 0.301 e. The first-order chi connectivity index (χ1) is 6.79. The molecular weight excluding hydrogens is 204 g/mol.